The smallest absolute Gasteiger partial charge is 0.320 e. The molecule has 3 fully saturated rings. The average molecular weight is 545 g/mol. The molecular formula is C29H39F3N6O. The van der Waals surface area contributed by atoms with Crippen LogP contribution in [-0.4, -0.2) is 41.2 Å². The topological polar surface area (TPSA) is 60.4 Å². The van der Waals surface area contributed by atoms with Crippen LogP contribution in [0.3, 0.4) is 0 Å². The maximum Gasteiger partial charge on any atom is 0.418 e. The summed E-state index contributed by atoms with van der Waals surface area (Å²) in [6.45, 7) is 3.42. The first-order valence-corrected chi connectivity index (χ1v) is 14.6. The summed E-state index contributed by atoms with van der Waals surface area (Å²) in [4.78, 5) is 15.9. The van der Waals surface area contributed by atoms with Crippen LogP contribution >= 0.6 is 0 Å². The highest BCUT2D eigenvalue weighted by Gasteiger charge is 2.40. The van der Waals surface area contributed by atoms with Gasteiger partial charge in [-0.3, -0.25) is 13.9 Å². The van der Waals surface area contributed by atoms with Gasteiger partial charge in [0.25, 0.3) is 0 Å². The zero-order chi connectivity index (χ0) is 27.3. The molecule has 0 radical (unpaired) electrons. The Balaban J connectivity index is 1.34. The van der Waals surface area contributed by atoms with E-state index in [2.05, 4.69) is 22.0 Å². The molecule has 7 nitrogen and oxygen atoms in total. The number of halogens is 3. The van der Waals surface area contributed by atoms with E-state index in [1.54, 1.807) is 17.1 Å². The fourth-order valence-corrected chi connectivity index (χ4v) is 7.44. The Labute approximate surface area is 227 Å². The fraction of sp³-hybridized carbons (Fsp3) is 0.690. The van der Waals surface area contributed by atoms with Gasteiger partial charge in [0.2, 0.25) is 0 Å². The van der Waals surface area contributed by atoms with Gasteiger partial charge in [0.15, 0.2) is 0 Å². The largest absolute Gasteiger partial charge is 0.418 e. The quantitative estimate of drug-likeness (QED) is 0.386. The van der Waals surface area contributed by atoms with Crippen molar-refractivity contribution in [2.75, 3.05) is 6.54 Å². The summed E-state index contributed by atoms with van der Waals surface area (Å²) in [5.74, 6) is 2.14. The Bertz CT molecular complexity index is 1370. The minimum Gasteiger partial charge on any atom is -0.320 e. The predicted molar refractivity (Wildman–Crippen MR) is 142 cm³/mol. The molecule has 0 amide bonds. The normalized spacial score (nSPS) is 26.1. The molecule has 3 aliphatic rings. The third-order valence-electron chi connectivity index (χ3n) is 9.77. The van der Waals surface area contributed by atoms with Gasteiger partial charge in [-0.25, -0.2) is 4.79 Å². The lowest BCUT2D eigenvalue weighted by Crippen LogP contribution is -2.37. The molecule has 1 aliphatic heterocycles. The van der Waals surface area contributed by atoms with Crippen LogP contribution in [0.1, 0.15) is 100 Å². The molecule has 0 bridgehead atoms. The SMILES string of the molecule is C[C@@H]1CCCCN1Cc1cc(C(F)(F)F)c2cn(C3CCCC([C@@H](c4nncn4C)C4CCC4)C3)c(=O)n2c1. The highest BCUT2D eigenvalue weighted by Crippen LogP contribution is 2.49. The van der Waals surface area contributed by atoms with Crippen LogP contribution in [0.25, 0.3) is 5.52 Å². The predicted octanol–water partition coefficient (Wildman–Crippen LogP) is 5.94. The van der Waals surface area contributed by atoms with E-state index in [1.165, 1.54) is 35.9 Å². The molecule has 10 heteroatoms. The van der Waals surface area contributed by atoms with Crippen LogP contribution in [0.4, 0.5) is 13.2 Å². The summed E-state index contributed by atoms with van der Waals surface area (Å²) in [6.07, 6.45) is 10.7. The van der Waals surface area contributed by atoms with E-state index in [0.29, 0.717) is 30.0 Å². The van der Waals surface area contributed by atoms with Gasteiger partial charge in [0.1, 0.15) is 12.2 Å². The molecule has 2 saturated carbocycles. The molecule has 6 rings (SSSR count). The van der Waals surface area contributed by atoms with Crippen LogP contribution in [0.15, 0.2) is 29.6 Å². The van der Waals surface area contributed by atoms with Gasteiger partial charge in [0.05, 0.1) is 11.1 Å². The van der Waals surface area contributed by atoms with Gasteiger partial charge in [-0.05, 0) is 81.9 Å². The van der Waals surface area contributed by atoms with Crippen molar-refractivity contribution in [1.82, 2.24) is 28.6 Å². The van der Waals surface area contributed by atoms with Crippen LogP contribution in [0, 0.1) is 11.8 Å². The van der Waals surface area contributed by atoms with Gasteiger partial charge in [-0.1, -0.05) is 19.3 Å². The number of aromatic nitrogens is 5. The third-order valence-corrected chi connectivity index (χ3v) is 9.77. The van der Waals surface area contributed by atoms with Crippen molar-refractivity contribution >= 4 is 5.52 Å². The molecule has 4 atom stereocenters. The summed E-state index contributed by atoms with van der Waals surface area (Å²) in [6, 6.07) is 1.45. The number of fused-ring (bicyclic) bond motifs is 1. The summed E-state index contributed by atoms with van der Waals surface area (Å²) in [5.41, 5.74) is -0.598. The number of piperidine rings is 1. The van der Waals surface area contributed by atoms with E-state index in [9.17, 15) is 18.0 Å². The first-order chi connectivity index (χ1) is 18.7. The first kappa shape index (κ1) is 26.6. The number of hydrogen-bond donors (Lipinski definition) is 0. The second-order valence-electron chi connectivity index (χ2n) is 12.2. The van der Waals surface area contributed by atoms with Crippen LogP contribution < -0.4 is 5.69 Å². The van der Waals surface area contributed by atoms with Crippen molar-refractivity contribution in [1.29, 1.82) is 0 Å². The Hall–Kier alpha value is -2.62. The van der Waals surface area contributed by atoms with Crippen molar-refractivity contribution in [3.63, 3.8) is 0 Å². The number of imidazole rings is 1. The van der Waals surface area contributed by atoms with E-state index in [-0.39, 0.29) is 23.2 Å². The second kappa shape index (κ2) is 10.4. The van der Waals surface area contributed by atoms with E-state index in [1.807, 2.05) is 11.6 Å². The van der Waals surface area contributed by atoms with Gasteiger partial charge >= 0.3 is 11.9 Å². The fourth-order valence-electron chi connectivity index (χ4n) is 7.44. The van der Waals surface area contributed by atoms with Crippen molar-refractivity contribution in [2.24, 2.45) is 18.9 Å². The van der Waals surface area contributed by atoms with Crippen molar-refractivity contribution in [3.05, 3.63) is 52.2 Å². The summed E-state index contributed by atoms with van der Waals surface area (Å²) in [5, 5.41) is 8.59. The molecule has 39 heavy (non-hydrogen) atoms. The number of rotatable bonds is 6. The molecule has 0 spiro atoms. The number of alkyl halides is 3. The Morgan fingerprint density at radius 1 is 1.03 bits per heavy atom. The number of pyridine rings is 1. The number of nitrogens with zero attached hydrogens (tertiary/aromatic N) is 6. The van der Waals surface area contributed by atoms with E-state index in [4.69, 9.17) is 0 Å². The Morgan fingerprint density at radius 3 is 2.46 bits per heavy atom. The minimum absolute atomic E-state index is 0.0473. The van der Waals surface area contributed by atoms with E-state index < -0.39 is 11.7 Å². The van der Waals surface area contributed by atoms with Gasteiger partial charge < -0.3 is 4.57 Å². The third kappa shape index (κ3) is 5.05. The molecule has 4 heterocycles. The first-order valence-electron chi connectivity index (χ1n) is 14.6. The standard InChI is InChI=1S/C29H39F3N6O/c1-19-7-3-4-12-36(19)15-20-13-24(29(30,31)32)25-17-37(28(39)38(25)16-20)23-11-6-10-22(14-23)26(21-8-5-9-21)27-34-33-18-35(27)2/h13,16-19,21-23,26H,3-12,14-15H2,1-2H3/t19-,22?,23?,26+/m1/s1. The summed E-state index contributed by atoms with van der Waals surface area (Å²) in [7, 11) is 1.98. The van der Waals surface area contributed by atoms with Gasteiger partial charge in [-0.2, -0.15) is 13.2 Å². The lowest BCUT2D eigenvalue weighted by atomic mass is 9.66. The lowest BCUT2D eigenvalue weighted by Gasteiger charge is -2.41. The summed E-state index contributed by atoms with van der Waals surface area (Å²) >= 11 is 0. The molecule has 0 N–H and O–H groups in total. The molecule has 0 aromatic carbocycles. The lowest BCUT2D eigenvalue weighted by molar-refractivity contribution is -0.136. The highest BCUT2D eigenvalue weighted by atomic mass is 19.4. The van der Waals surface area contributed by atoms with E-state index in [0.717, 1.165) is 57.3 Å². The minimum atomic E-state index is -4.54. The molecule has 212 valence electrons. The maximum atomic E-state index is 14.3. The van der Waals surface area contributed by atoms with Crippen molar-refractivity contribution in [3.8, 4) is 0 Å². The molecule has 3 aromatic heterocycles. The molecule has 2 aliphatic carbocycles. The molecule has 1 saturated heterocycles. The molecule has 2 unspecified atom stereocenters. The number of aryl methyl sites for hydroxylation is 1. The molecule has 3 aromatic rings. The number of hydrogen-bond acceptors (Lipinski definition) is 4. The maximum absolute atomic E-state index is 14.3. The van der Waals surface area contributed by atoms with E-state index >= 15 is 0 Å². The van der Waals surface area contributed by atoms with Crippen LogP contribution in [-0.2, 0) is 19.8 Å². The molecular weight excluding hydrogens is 505 g/mol. The summed E-state index contributed by atoms with van der Waals surface area (Å²) < 4.78 is 47.7. The highest BCUT2D eigenvalue weighted by molar-refractivity contribution is 5.56. The van der Waals surface area contributed by atoms with Crippen LogP contribution in [0.5, 0.6) is 0 Å². The zero-order valence-electron chi connectivity index (χ0n) is 22.9. The zero-order valence-corrected chi connectivity index (χ0v) is 22.9. The monoisotopic (exact) mass is 544 g/mol. The van der Waals surface area contributed by atoms with Crippen LogP contribution in [0.2, 0.25) is 0 Å². The van der Waals surface area contributed by atoms with Crippen molar-refractivity contribution in [2.45, 2.75) is 102 Å². The average Bonchev–Trinajstić information content (AvgIpc) is 3.44. The van der Waals surface area contributed by atoms with Gasteiger partial charge in [-0.15, -0.1) is 10.2 Å². The van der Waals surface area contributed by atoms with Gasteiger partial charge in [0, 0.05) is 44.0 Å². The van der Waals surface area contributed by atoms with Crippen molar-refractivity contribution < 1.29 is 13.2 Å². The Morgan fingerprint density at radius 2 is 1.79 bits per heavy atom. The number of likely N-dealkylation sites (tertiary alicyclic amines) is 1. The second-order valence-corrected chi connectivity index (χ2v) is 12.2. The Kier molecular flexibility index (Phi) is 7.10.